The molecule has 2 rings (SSSR count). The molecule has 0 saturated carbocycles. The normalized spacial score (nSPS) is 20.9. The van der Waals surface area contributed by atoms with Gasteiger partial charge in [0.15, 0.2) is 9.84 Å². The number of sulfone groups is 1. The topological polar surface area (TPSA) is 75.3 Å². The van der Waals surface area contributed by atoms with Crippen LogP contribution in [0.5, 0.6) is 0 Å². The number of hydrogen-bond donors (Lipinski definition) is 2. The summed E-state index contributed by atoms with van der Waals surface area (Å²) in [7, 11) is -2.82. The van der Waals surface area contributed by atoms with Crippen molar-refractivity contribution < 1.29 is 13.2 Å². The second-order valence-corrected chi connectivity index (χ2v) is 7.03. The van der Waals surface area contributed by atoms with Gasteiger partial charge in [-0.1, -0.05) is 18.2 Å². The van der Waals surface area contributed by atoms with Crippen molar-refractivity contribution in [3.63, 3.8) is 0 Å². The molecule has 5 nitrogen and oxygen atoms in total. The number of anilines is 1. The second kappa shape index (κ2) is 6.06. The fourth-order valence-corrected chi connectivity index (χ4v) is 4.10. The average molecular weight is 282 g/mol. The van der Waals surface area contributed by atoms with Crippen LogP contribution in [0.3, 0.4) is 0 Å². The maximum absolute atomic E-state index is 11.6. The maximum Gasteiger partial charge on any atom is 0.319 e. The number of nitrogens with one attached hydrogen (secondary N) is 2. The fourth-order valence-electron chi connectivity index (χ4n) is 2.19. The van der Waals surface area contributed by atoms with Crippen LogP contribution in [0.2, 0.25) is 0 Å². The molecule has 0 aromatic heterocycles. The molecule has 1 aliphatic heterocycles. The van der Waals surface area contributed by atoms with E-state index in [2.05, 4.69) is 10.6 Å². The van der Waals surface area contributed by atoms with E-state index in [1.54, 1.807) is 0 Å². The Balaban J connectivity index is 1.67. The van der Waals surface area contributed by atoms with Gasteiger partial charge in [-0.3, -0.25) is 0 Å². The minimum atomic E-state index is -2.82. The van der Waals surface area contributed by atoms with Crippen LogP contribution >= 0.6 is 0 Å². The Kier molecular flexibility index (Phi) is 4.42. The molecule has 2 N–H and O–H groups in total. The zero-order valence-electron chi connectivity index (χ0n) is 10.6. The molecular weight excluding hydrogens is 264 g/mol. The molecule has 19 heavy (non-hydrogen) atoms. The Labute approximate surface area is 113 Å². The van der Waals surface area contributed by atoms with Crippen molar-refractivity contribution in [1.82, 2.24) is 5.32 Å². The number of benzene rings is 1. The third-order valence-electron chi connectivity index (χ3n) is 3.20. The van der Waals surface area contributed by atoms with Crippen LogP contribution in [0, 0.1) is 5.92 Å². The molecule has 1 unspecified atom stereocenters. The van der Waals surface area contributed by atoms with E-state index in [-0.39, 0.29) is 23.5 Å². The zero-order valence-corrected chi connectivity index (χ0v) is 11.4. The van der Waals surface area contributed by atoms with Crippen LogP contribution in [0.1, 0.15) is 12.8 Å². The predicted octanol–water partition coefficient (Wildman–Crippen LogP) is 1.63. The molecule has 0 bridgehead atoms. The van der Waals surface area contributed by atoms with Gasteiger partial charge in [0.25, 0.3) is 0 Å². The average Bonchev–Trinajstić information content (AvgIpc) is 2.70. The first kappa shape index (κ1) is 13.9. The molecule has 1 aromatic carbocycles. The fraction of sp³-hybridized carbons (Fsp3) is 0.462. The highest BCUT2D eigenvalue weighted by Gasteiger charge is 2.27. The molecule has 2 amide bonds. The van der Waals surface area contributed by atoms with Crippen molar-refractivity contribution in [1.29, 1.82) is 0 Å². The summed E-state index contributed by atoms with van der Waals surface area (Å²) in [4.78, 5) is 11.6. The highest BCUT2D eigenvalue weighted by atomic mass is 32.2. The van der Waals surface area contributed by atoms with Gasteiger partial charge < -0.3 is 10.6 Å². The molecule has 1 aliphatic rings. The van der Waals surface area contributed by atoms with E-state index in [9.17, 15) is 13.2 Å². The summed E-state index contributed by atoms with van der Waals surface area (Å²) in [6, 6.07) is 8.93. The van der Waals surface area contributed by atoms with Crippen LogP contribution in [0.15, 0.2) is 30.3 Å². The molecule has 1 heterocycles. The SMILES string of the molecule is O=C(NCCC1CCS(=O)(=O)C1)Nc1ccccc1. The first-order valence-corrected chi connectivity index (χ1v) is 8.18. The van der Waals surface area contributed by atoms with Gasteiger partial charge in [0.2, 0.25) is 0 Å². The third-order valence-corrected chi connectivity index (χ3v) is 5.03. The Hall–Kier alpha value is -1.56. The number of carbonyl (C=O) groups excluding carboxylic acids is 1. The van der Waals surface area contributed by atoms with Gasteiger partial charge in [-0.05, 0) is 30.9 Å². The van der Waals surface area contributed by atoms with Crippen molar-refractivity contribution in [2.45, 2.75) is 12.8 Å². The summed E-state index contributed by atoms with van der Waals surface area (Å²) in [6.07, 6.45) is 1.42. The molecule has 1 atom stereocenters. The number of rotatable bonds is 4. The second-order valence-electron chi connectivity index (χ2n) is 4.80. The van der Waals surface area contributed by atoms with Crippen molar-refractivity contribution in [2.24, 2.45) is 5.92 Å². The van der Waals surface area contributed by atoms with E-state index in [0.29, 0.717) is 19.4 Å². The summed E-state index contributed by atoms with van der Waals surface area (Å²) in [5, 5.41) is 5.46. The number of carbonyl (C=O) groups is 1. The van der Waals surface area contributed by atoms with E-state index >= 15 is 0 Å². The lowest BCUT2D eigenvalue weighted by atomic mass is 10.1. The lowest BCUT2D eigenvalue weighted by Gasteiger charge is -2.10. The van der Waals surface area contributed by atoms with Gasteiger partial charge in [0.05, 0.1) is 11.5 Å². The summed E-state index contributed by atoms with van der Waals surface area (Å²) in [5.74, 6) is 0.727. The number of urea groups is 1. The van der Waals surface area contributed by atoms with Gasteiger partial charge in [-0.15, -0.1) is 0 Å². The van der Waals surface area contributed by atoms with Gasteiger partial charge in [-0.2, -0.15) is 0 Å². The Morgan fingerprint density at radius 3 is 2.63 bits per heavy atom. The minimum Gasteiger partial charge on any atom is -0.338 e. The maximum atomic E-state index is 11.6. The van der Waals surface area contributed by atoms with Crippen LogP contribution in [-0.2, 0) is 9.84 Å². The summed E-state index contributed by atoms with van der Waals surface area (Å²) < 4.78 is 22.6. The van der Waals surface area contributed by atoms with Crippen molar-refractivity contribution in [3.05, 3.63) is 30.3 Å². The number of amides is 2. The minimum absolute atomic E-state index is 0.182. The lowest BCUT2D eigenvalue weighted by Crippen LogP contribution is -2.30. The van der Waals surface area contributed by atoms with E-state index in [1.807, 2.05) is 30.3 Å². The van der Waals surface area contributed by atoms with Crippen molar-refractivity contribution >= 4 is 21.6 Å². The van der Waals surface area contributed by atoms with Crippen molar-refractivity contribution in [2.75, 3.05) is 23.4 Å². The monoisotopic (exact) mass is 282 g/mol. The van der Waals surface area contributed by atoms with E-state index in [1.165, 1.54) is 0 Å². The van der Waals surface area contributed by atoms with Gasteiger partial charge in [0.1, 0.15) is 0 Å². The molecule has 0 aliphatic carbocycles. The molecule has 1 saturated heterocycles. The number of para-hydroxylation sites is 1. The standard InChI is InChI=1S/C13H18N2O3S/c16-13(15-12-4-2-1-3-5-12)14-8-6-11-7-9-19(17,18)10-11/h1-5,11H,6-10H2,(H2,14,15,16). The summed E-state index contributed by atoms with van der Waals surface area (Å²) in [5.41, 5.74) is 0.739. The first-order chi connectivity index (χ1) is 9.05. The predicted molar refractivity (Wildman–Crippen MR) is 74.8 cm³/mol. The molecule has 1 fully saturated rings. The van der Waals surface area contributed by atoms with Crippen LogP contribution < -0.4 is 10.6 Å². The van der Waals surface area contributed by atoms with Crippen molar-refractivity contribution in [3.8, 4) is 0 Å². The Morgan fingerprint density at radius 2 is 2.00 bits per heavy atom. The molecule has 6 heteroatoms. The van der Waals surface area contributed by atoms with Crippen LogP contribution in [0.4, 0.5) is 10.5 Å². The molecule has 1 aromatic rings. The molecular formula is C13H18N2O3S. The largest absolute Gasteiger partial charge is 0.338 e. The van der Waals surface area contributed by atoms with Crippen LogP contribution in [-0.4, -0.2) is 32.5 Å². The third kappa shape index (κ3) is 4.55. The van der Waals surface area contributed by atoms with Gasteiger partial charge >= 0.3 is 6.03 Å². The van der Waals surface area contributed by atoms with E-state index in [0.717, 1.165) is 5.69 Å². The highest BCUT2D eigenvalue weighted by Crippen LogP contribution is 2.20. The summed E-state index contributed by atoms with van der Waals surface area (Å²) in [6.45, 7) is 0.499. The molecule has 104 valence electrons. The van der Waals surface area contributed by atoms with E-state index < -0.39 is 9.84 Å². The Morgan fingerprint density at radius 1 is 1.26 bits per heavy atom. The van der Waals surface area contributed by atoms with Gasteiger partial charge in [-0.25, -0.2) is 13.2 Å². The quantitative estimate of drug-likeness (QED) is 0.881. The summed E-state index contributed by atoms with van der Waals surface area (Å²) >= 11 is 0. The Bertz CT molecular complexity index is 528. The number of hydrogen-bond acceptors (Lipinski definition) is 3. The molecule has 0 spiro atoms. The first-order valence-electron chi connectivity index (χ1n) is 6.35. The smallest absolute Gasteiger partial charge is 0.319 e. The lowest BCUT2D eigenvalue weighted by molar-refractivity contribution is 0.251. The van der Waals surface area contributed by atoms with Gasteiger partial charge in [0, 0.05) is 12.2 Å². The zero-order chi connectivity index (χ0) is 13.7. The van der Waals surface area contributed by atoms with Crippen LogP contribution in [0.25, 0.3) is 0 Å². The highest BCUT2D eigenvalue weighted by molar-refractivity contribution is 7.91. The van der Waals surface area contributed by atoms with E-state index in [4.69, 9.17) is 0 Å². The molecule has 0 radical (unpaired) electrons.